The van der Waals surface area contributed by atoms with Crippen molar-refractivity contribution < 1.29 is 17.9 Å². The fraction of sp³-hybridized carbons (Fsp3) is 0.480. The van der Waals surface area contributed by atoms with Crippen LogP contribution in [-0.2, 0) is 16.5 Å². The maximum Gasteiger partial charge on any atom is 0.416 e. The minimum absolute atomic E-state index is 0.117. The van der Waals surface area contributed by atoms with E-state index in [2.05, 4.69) is 15.3 Å². The molecule has 2 saturated heterocycles. The number of anilines is 2. The van der Waals surface area contributed by atoms with Crippen molar-refractivity contribution in [3.63, 3.8) is 0 Å². The van der Waals surface area contributed by atoms with Crippen LogP contribution in [0.1, 0.15) is 48.8 Å². The Morgan fingerprint density at radius 3 is 2.46 bits per heavy atom. The normalized spacial score (nSPS) is 18.2. The third-order valence-corrected chi connectivity index (χ3v) is 7.04. The summed E-state index contributed by atoms with van der Waals surface area (Å²) in [5, 5.41) is 3.97. The minimum atomic E-state index is -4.43. The van der Waals surface area contributed by atoms with Crippen molar-refractivity contribution in [3.8, 4) is 0 Å². The molecule has 35 heavy (non-hydrogen) atoms. The Balaban J connectivity index is 1.65. The summed E-state index contributed by atoms with van der Waals surface area (Å²) < 4.78 is 47.6. The van der Waals surface area contributed by atoms with E-state index in [9.17, 15) is 18.0 Å². The number of hydrogen-bond acceptors (Lipinski definition) is 6. The van der Waals surface area contributed by atoms with E-state index in [1.807, 2.05) is 11.8 Å². The highest BCUT2D eigenvalue weighted by Gasteiger charge is 2.38. The molecule has 2 aliphatic rings. The quantitative estimate of drug-likeness (QED) is 0.569. The smallest absolute Gasteiger partial charge is 0.376 e. The van der Waals surface area contributed by atoms with Gasteiger partial charge in [-0.25, -0.2) is 9.97 Å². The van der Waals surface area contributed by atoms with Crippen LogP contribution >= 0.6 is 0 Å². The molecule has 2 fully saturated rings. The number of alkyl halides is 3. The molecule has 2 aromatic heterocycles. The van der Waals surface area contributed by atoms with E-state index in [1.54, 1.807) is 30.7 Å². The molecule has 0 radical (unpaired) electrons. The molecule has 186 valence electrons. The molecule has 4 heterocycles. The van der Waals surface area contributed by atoms with Crippen LogP contribution in [-0.4, -0.2) is 40.8 Å². The zero-order chi connectivity index (χ0) is 25.1. The summed E-state index contributed by atoms with van der Waals surface area (Å²) >= 11 is 0. The number of pyridine rings is 1. The number of halogens is 3. The second-order valence-corrected chi connectivity index (χ2v) is 9.75. The van der Waals surface area contributed by atoms with Crippen LogP contribution in [0.4, 0.5) is 24.7 Å². The maximum absolute atomic E-state index is 13.6. The van der Waals surface area contributed by atoms with E-state index in [0.717, 1.165) is 25.6 Å². The van der Waals surface area contributed by atoms with E-state index in [-0.39, 0.29) is 11.1 Å². The Morgan fingerprint density at radius 1 is 1.17 bits per heavy atom. The first-order chi connectivity index (χ1) is 16.5. The third-order valence-electron chi connectivity index (χ3n) is 7.04. The minimum Gasteiger partial charge on any atom is -0.376 e. The van der Waals surface area contributed by atoms with Gasteiger partial charge in [-0.15, -0.1) is 0 Å². The Morgan fingerprint density at radius 2 is 1.89 bits per heavy atom. The topological polar surface area (TPSA) is 72.3 Å². The van der Waals surface area contributed by atoms with Gasteiger partial charge in [-0.05, 0) is 51.3 Å². The summed E-state index contributed by atoms with van der Waals surface area (Å²) in [6.07, 6.45) is -1.67. The summed E-state index contributed by atoms with van der Waals surface area (Å²) in [5.41, 5.74) is 0.549. The van der Waals surface area contributed by atoms with E-state index >= 15 is 0 Å². The van der Waals surface area contributed by atoms with Crippen molar-refractivity contribution in [1.82, 2.24) is 14.5 Å². The van der Waals surface area contributed by atoms with Crippen LogP contribution in [0.25, 0.3) is 10.9 Å². The van der Waals surface area contributed by atoms with Crippen LogP contribution in [0.2, 0.25) is 0 Å². The molecule has 10 heteroatoms. The average Bonchev–Trinajstić information content (AvgIpc) is 2.72. The highest BCUT2D eigenvalue weighted by Crippen LogP contribution is 2.37. The van der Waals surface area contributed by atoms with Crippen LogP contribution < -0.4 is 15.8 Å². The summed E-state index contributed by atoms with van der Waals surface area (Å²) in [5.74, 6) is 0.959. The lowest BCUT2D eigenvalue weighted by atomic mass is 9.97. The summed E-state index contributed by atoms with van der Waals surface area (Å²) in [4.78, 5) is 24.8. The van der Waals surface area contributed by atoms with Gasteiger partial charge in [0, 0.05) is 19.3 Å². The number of nitrogens with one attached hydrogen (secondary N) is 1. The lowest BCUT2D eigenvalue weighted by Gasteiger charge is -2.41. The molecule has 3 aromatic rings. The van der Waals surface area contributed by atoms with Gasteiger partial charge in [-0.2, -0.15) is 13.2 Å². The number of nitrogens with zero attached hydrogens (tertiary/aromatic N) is 4. The fourth-order valence-electron chi connectivity index (χ4n) is 4.87. The highest BCUT2D eigenvalue weighted by atomic mass is 19.4. The van der Waals surface area contributed by atoms with Crippen LogP contribution in [0.15, 0.2) is 29.2 Å². The van der Waals surface area contributed by atoms with E-state index in [1.165, 1.54) is 13.0 Å². The molecule has 0 unspecified atom stereocenters. The number of hydrogen-bond donors (Lipinski definition) is 1. The van der Waals surface area contributed by atoms with Crippen molar-refractivity contribution >= 4 is 22.4 Å². The van der Waals surface area contributed by atoms with E-state index in [0.29, 0.717) is 47.0 Å². The van der Waals surface area contributed by atoms with Gasteiger partial charge in [0.05, 0.1) is 35.7 Å². The molecule has 0 amide bonds. The Kier molecular flexibility index (Phi) is 5.54. The summed E-state index contributed by atoms with van der Waals surface area (Å²) in [6, 6.07) is 3.73. The molecule has 0 saturated carbocycles. The molecule has 1 aromatic carbocycles. The molecule has 2 aliphatic heterocycles. The fourth-order valence-corrected chi connectivity index (χ4v) is 4.87. The van der Waals surface area contributed by atoms with E-state index in [4.69, 9.17) is 4.74 Å². The predicted molar refractivity (Wildman–Crippen MR) is 128 cm³/mol. The first-order valence-electron chi connectivity index (χ1n) is 11.7. The molecular weight excluding hydrogens is 459 g/mol. The van der Waals surface area contributed by atoms with Crippen molar-refractivity contribution in [1.29, 1.82) is 0 Å². The van der Waals surface area contributed by atoms with Crippen molar-refractivity contribution in [2.45, 2.75) is 51.9 Å². The average molecular weight is 488 g/mol. The van der Waals surface area contributed by atoms with Gasteiger partial charge in [0.25, 0.3) is 5.56 Å². The molecule has 1 N–H and O–H groups in total. The zero-order valence-electron chi connectivity index (χ0n) is 20.2. The van der Waals surface area contributed by atoms with Crippen molar-refractivity contribution in [2.24, 2.45) is 0 Å². The lowest BCUT2D eigenvalue weighted by Crippen LogP contribution is -2.54. The van der Waals surface area contributed by atoms with Crippen LogP contribution in [0.3, 0.4) is 0 Å². The predicted octanol–water partition coefficient (Wildman–Crippen LogP) is 4.56. The first-order valence-corrected chi connectivity index (χ1v) is 11.7. The van der Waals surface area contributed by atoms with Crippen LogP contribution in [0.5, 0.6) is 0 Å². The van der Waals surface area contributed by atoms with E-state index < -0.39 is 23.3 Å². The zero-order valence-corrected chi connectivity index (χ0v) is 20.2. The number of rotatable bonds is 5. The second kappa shape index (κ2) is 8.22. The number of benzene rings is 1. The van der Waals surface area contributed by atoms with Gasteiger partial charge in [0.2, 0.25) is 0 Å². The Bertz CT molecular complexity index is 1360. The standard InChI is InChI=1S/C25H28F3N5O2/c1-14-17(7-5-8-19(14)25(26,27)28)15(2)29-22-18-11-33(24(4)12-35-13-24)23(34)21(32-9-6-10-32)20(18)30-16(3)31-22/h5,7-8,11,15H,6,9-10,12-13H2,1-4H3,(H,29,30,31)/t15-/m1/s1. The number of ether oxygens (including phenoxy) is 1. The highest BCUT2D eigenvalue weighted by molar-refractivity contribution is 5.97. The number of fused-ring (bicyclic) bond motifs is 1. The van der Waals surface area contributed by atoms with Gasteiger partial charge >= 0.3 is 6.18 Å². The molecule has 0 spiro atoms. The molecule has 0 bridgehead atoms. The van der Waals surface area contributed by atoms with Gasteiger partial charge in [-0.3, -0.25) is 4.79 Å². The molecule has 0 aliphatic carbocycles. The molecule has 5 rings (SSSR count). The Labute approximate surface area is 200 Å². The van der Waals surface area contributed by atoms with Crippen LogP contribution in [0, 0.1) is 13.8 Å². The number of aromatic nitrogens is 3. The second-order valence-electron chi connectivity index (χ2n) is 9.75. The van der Waals surface area contributed by atoms with Gasteiger partial charge in [0.1, 0.15) is 22.8 Å². The summed E-state index contributed by atoms with van der Waals surface area (Å²) in [7, 11) is 0. The van der Waals surface area contributed by atoms with Gasteiger partial charge < -0.3 is 19.5 Å². The first kappa shape index (κ1) is 23.6. The SMILES string of the molecule is Cc1nc(N[C@H](C)c2cccc(C(F)(F)F)c2C)c2cn(C3(C)COC3)c(=O)c(N3CCC3)c2n1. The maximum atomic E-state index is 13.6. The van der Waals surface area contributed by atoms with Gasteiger partial charge in [0.15, 0.2) is 0 Å². The monoisotopic (exact) mass is 487 g/mol. The third kappa shape index (κ3) is 3.93. The molecular formula is C25H28F3N5O2. The van der Waals surface area contributed by atoms with Gasteiger partial charge in [-0.1, -0.05) is 12.1 Å². The largest absolute Gasteiger partial charge is 0.416 e. The summed E-state index contributed by atoms with van der Waals surface area (Å²) in [6.45, 7) is 9.40. The Hall–Kier alpha value is -3.14. The van der Waals surface area contributed by atoms with Crippen molar-refractivity contribution in [2.75, 3.05) is 36.5 Å². The molecule has 1 atom stereocenters. The number of aryl methyl sites for hydroxylation is 1. The van der Waals surface area contributed by atoms with Crippen molar-refractivity contribution in [3.05, 3.63) is 57.3 Å². The lowest BCUT2D eigenvalue weighted by molar-refractivity contribution is -0.138. The molecule has 7 nitrogen and oxygen atoms in total.